The first-order chi connectivity index (χ1) is 7.70. The monoisotopic (exact) mass is 252 g/mol. The van der Waals surface area contributed by atoms with E-state index in [1.54, 1.807) is 18.3 Å². The molecule has 2 rings (SSSR count). The molecule has 0 saturated carbocycles. The van der Waals surface area contributed by atoms with Crippen molar-refractivity contribution in [2.24, 2.45) is 0 Å². The molecule has 0 atom stereocenters. The van der Waals surface area contributed by atoms with Gasteiger partial charge >= 0.3 is 0 Å². The van der Waals surface area contributed by atoms with Crippen molar-refractivity contribution >= 4 is 28.9 Å². The number of anilines is 1. The molecule has 2 nitrogen and oxygen atoms in total. The molecule has 16 heavy (non-hydrogen) atoms. The van der Waals surface area contributed by atoms with Crippen molar-refractivity contribution in [3.63, 3.8) is 0 Å². The molecule has 0 fully saturated rings. The van der Waals surface area contributed by atoms with Gasteiger partial charge in [0.25, 0.3) is 0 Å². The Morgan fingerprint density at radius 2 is 1.94 bits per heavy atom. The standard InChI is InChI=1S/C12H10Cl2N2/c1-15-9-4-5-16-12(7-9)10-6-8(13)2-3-11(10)14/h2-7H,1H3,(H,15,16). The van der Waals surface area contributed by atoms with Gasteiger partial charge < -0.3 is 5.32 Å². The van der Waals surface area contributed by atoms with Gasteiger partial charge in [-0.3, -0.25) is 4.98 Å². The number of rotatable bonds is 2. The summed E-state index contributed by atoms with van der Waals surface area (Å²) < 4.78 is 0. The topological polar surface area (TPSA) is 24.9 Å². The highest BCUT2D eigenvalue weighted by atomic mass is 35.5. The van der Waals surface area contributed by atoms with Crippen molar-refractivity contribution < 1.29 is 0 Å². The normalized spacial score (nSPS) is 10.2. The van der Waals surface area contributed by atoms with Crippen molar-refractivity contribution in [1.29, 1.82) is 0 Å². The van der Waals surface area contributed by atoms with Crippen LogP contribution in [0.1, 0.15) is 0 Å². The summed E-state index contributed by atoms with van der Waals surface area (Å²) in [6.45, 7) is 0. The van der Waals surface area contributed by atoms with Crippen LogP contribution in [0.5, 0.6) is 0 Å². The lowest BCUT2D eigenvalue weighted by atomic mass is 10.1. The van der Waals surface area contributed by atoms with E-state index >= 15 is 0 Å². The Morgan fingerprint density at radius 1 is 1.12 bits per heavy atom. The second kappa shape index (κ2) is 4.73. The van der Waals surface area contributed by atoms with Crippen LogP contribution in [0.3, 0.4) is 0 Å². The van der Waals surface area contributed by atoms with Crippen LogP contribution in [0, 0.1) is 0 Å². The first-order valence-electron chi connectivity index (χ1n) is 4.80. The zero-order chi connectivity index (χ0) is 11.5. The molecule has 0 bridgehead atoms. The second-order valence-corrected chi connectivity index (χ2v) is 4.15. The Balaban J connectivity index is 2.53. The average Bonchev–Trinajstić information content (AvgIpc) is 2.32. The summed E-state index contributed by atoms with van der Waals surface area (Å²) in [5.41, 5.74) is 2.63. The molecule has 0 unspecified atom stereocenters. The maximum atomic E-state index is 6.11. The van der Waals surface area contributed by atoms with E-state index in [2.05, 4.69) is 10.3 Å². The first-order valence-corrected chi connectivity index (χ1v) is 5.55. The molecule has 0 spiro atoms. The Morgan fingerprint density at radius 3 is 2.69 bits per heavy atom. The highest BCUT2D eigenvalue weighted by molar-refractivity contribution is 6.35. The number of hydrogen-bond donors (Lipinski definition) is 1. The molecule has 4 heteroatoms. The number of hydrogen-bond acceptors (Lipinski definition) is 2. The predicted octanol–water partition coefficient (Wildman–Crippen LogP) is 4.10. The molecule has 0 aliphatic carbocycles. The number of aromatic nitrogens is 1. The van der Waals surface area contributed by atoms with Gasteiger partial charge in [-0.2, -0.15) is 0 Å². The largest absolute Gasteiger partial charge is 0.388 e. The fourth-order valence-corrected chi connectivity index (χ4v) is 1.81. The van der Waals surface area contributed by atoms with Gasteiger partial charge in [0.15, 0.2) is 0 Å². The SMILES string of the molecule is CNc1ccnc(-c2cc(Cl)ccc2Cl)c1. The van der Waals surface area contributed by atoms with Crippen molar-refractivity contribution in [2.75, 3.05) is 12.4 Å². The van der Waals surface area contributed by atoms with E-state index in [1.807, 2.05) is 25.2 Å². The van der Waals surface area contributed by atoms with Crippen LogP contribution in [0.25, 0.3) is 11.3 Å². The minimum Gasteiger partial charge on any atom is -0.388 e. The molecule has 0 saturated heterocycles. The van der Waals surface area contributed by atoms with Crippen molar-refractivity contribution in [1.82, 2.24) is 4.98 Å². The highest BCUT2D eigenvalue weighted by Gasteiger charge is 2.06. The number of benzene rings is 1. The molecule has 1 N–H and O–H groups in total. The molecule has 0 aliphatic heterocycles. The zero-order valence-electron chi connectivity index (χ0n) is 8.67. The second-order valence-electron chi connectivity index (χ2n) is 3.30. The third kappa shape index (κ3) is 2.29. The van der Waals surface area contributed by atoms with Gasteiger partial charge in [0, 0.05) is 29.5 Å². The van der Waals surface area contributed by atoms with Crippen molar-refractivity contribution in [3.05, 3.63) is 46.6 Å². The van der Waals surface area contributed by atoms with Crippen LogP contribution in [0.15, 0.2) is 36.5 Å². The zero-order valence-corrected chi connectivity index (χ0v) is 10.2. The number of pyridine rings is 1. The van der Waals surface area contributed by atoms with Crippen molar-refractivity contribution in [3.8, 4) is 11.3 Å². The minimum atomic E-state index is 0.644. The molecule has 1 heterocycles. The number of nitrogens with zero attached hydrogens (tertiary/aromatic N) is 1. The molecular formula is C12H10Cl2N2. The lowest BCUT2D eigenvalue weighted by Crippen LogP contribution is -1.90. The van der Waals surface area contributed by atoms with Gasteiger partial charge in [0.1, 0.15) is 0 Å². The van der Waals surface area contributed by atoms with Crippen LogP contribution in [-0.2, 0) is 0 Å². The Hall–Kier alpha value is -1.25. The van der Waals surface area contributed by atoms with Gasteiger partial charge in [0.05, 0.1) is 10.7 Å². The number of halogens is 2. The van der Waals surface area contributed by atoms with Crippen LogP contribution in [0.4, 0.5) is 5.69 Å². The first kappa shape index (κ1) is 11.2. The van der Waals surface area contributed by atoms with E-state index in [0.29, 0.717) is 10.0 Å². The molecule has 1 aromatic carbocycles. The van der Waals surface area contributed by atoms with E-state index in [-0.39, 0.29) is 0 Å². The van der Waals surface area contributed by atoms with E-state index in [1.165, 1.54) is 0 Å². The molecule has 0 radical (unpaired) electrons. The molecule has 0 aliphatic rings. The van der Waals surface area contributed by atoms with E-state index < -0.39 is 0 Å². The fourth-order valence-electron chi connectivity index (χ4n) is 1.43. The van der Waals surface area contributed by atoms with Gasteiger partial charge in [-0.25, -0.2) is 0 Å². The lowest BCUT2D eigenvalue weighted by Gasteiger charge is -2.06. The van der Waals surface area contributed by atoms with Crippen LogP contribution in [0.2, 0.25) is 10.0 Å². The van der Waals surface area contributed by atoms with Crippen molar-refractivity contribution in [2.45, 2.75) is 0 Å². The Kier molecular flexibility index (Phi) is 3.32. The minimum absolute atomic E-state index is 0.644. The molecule has 82 valence electrons. The maximum Gasteiger partial charge on any atom is 0.0738 e. The van der Waals surface area contributed by atoms with Gasteiger partial charge in [0.2, 0.25) is 0 Å². The summed E-state index contributed by atoms with van der Waals surface area (Å²) in [6, 6.07) is 9.16. The summed E-state index contributed by atoms with van der Waals surface area (Å²) in [5, 5.41) is 4.35. The van der Waals surface area contributed by atoms with Crippen LogP contribution < -0.4 is 5.32 Å². The summed E-state index contributed by atoms with van der Waals surface area (Å²) in [4.78, 5) is 4.28. The quantitative estimate of drug-likeness (QED) is 0.871. The third-order valence-electron chi connectivity index (χ3n) is 2.25. The molecule has 0 amide bonds. The lowest BCUT2D eigenvalue weighted by molar-refractivity contribution is 1.31. The fraction of sp³-hybridized carbons (Fsp3) is 0.0833. The Bertz CT molecular complexity index is 512. The van der Waals surface area contributed by atoms with Gasteiger partial charge in [-0.05, 0) is 30.3 Å². The Labute approximate surface area is 104 Å². The van der Waals surface area contributed by atoms with E-state index in [9.17, 15) is 0 Å². The maximum absolute atomic E-state index is 6.11. The predicted molar refractivity (Wildman–Crippen MR) is 69.2 cm³/mol. The number of nitrogens with one attached hydrogen (secondary N) is 1. The highest BCUT2D eigenvalue weighted by Crippen LogP contribution is 2.30. The smallest absolute Gasteiger partial charge is 0.0738 e. The summed E-state index contributed by atoms with van der Waals surface area (Å²) in [7, 11) is 1.86. The molecular weight excluding hydrogens is 243 g/mol. The van der Waals surface area contributed by atoms with Crippen LogP contribution >= 0.6 is 23.2 Å². The summed E-state index contributed by atoms with van der Waals surface area (Å²) >= 11 is 12.0. The van der Waals surface area contributed by atoms with E-state index in [0.717, 1.165) is 16.9 Å². The summed E-state index contributed by atoms with van der Waals surface area (Å²) in [6.07, 6.45) is 1.73. The van der Waals surface area contributed by atoms with Gasteiger partial charge in [-0.15, -0.1) is 0 Å². The van der Waals surface area contributed by atoms with E-state index in [4.69, 9.17) is 23.2 Å². The van der Waals surface area contributed by atoms with Gasteiger partial charge in [-0.1, -0.05) is 23.2 Å². The summed E-state index contributed by atoms with van der Waals surface area (Å²) in [5.74, 6) is 0. The molecule has 1 aromatic heterocycles. The van der Waals surface area contributed by atoms with Crippen LogP contribution in [-0.4, -0.2) is 12.0 Å². The third-order valence-corrected chi connectivity index (χ3v) is 2.82. The molecule has 2 aromatic rings. The average molecular weight is 253 g/mol.